The van der Waals surface area contributed by atoms with E-state index < -0.39 is 10.9 Å². The van der Waals surface area contributed by atoms with E-state index in [1.807, 2.05) is 6.92 Å². The number of carboxylic acid groups (broad SMARTS) is 1. The van der Waals surface area contributed by atoms with Crippen LogP contribution in [0.25, 0.3) is 0 Å². The number of carboxylic acids is 1. The number of nitrogens with zero attached hydrogens (tertiary/aromatic N) is 1. The van der Waals surface area contributed by atoms with Gasteiger partial charge in [0.2, 0.25) is 0 Å². The molecule has 1 rings (SSSR count). The fraction of sp³-hybridized carbons (Fsp3) is 0.417. The van der Waals surface area contributed by atoms with Gasteiger partial charge in [-0.15, -0.1) is 0 Å². The summed E-state index contributed by atoms with van der Waals surface area (Å²) in [7, 11) is 0. The lowest BCUT2D eigenvalue weighted by atomic mass is 10.0. The second kappa shape index (κ2) is 7.31. The van der Waals surface area contributed by atoms with Gasteiger partial charge in [-0.3, -0.25) is 14.9 Å². The first-order valence-electron chi connectivity index (χ1n) is 5.94. The Morgan fingerprint density at radius 3 is 2.40 bits per heavy atom. The van der Waals surface area contributed by atoms with Gasteiger partial charge in [0.1, 0.15) is 0 Å². The van der Waals surface area contributed by atoms with E-state index in [0.717, 1.165) is 0 Å². The fourth-order valence-electron chi connectivity index (χ4n) is 1.69. The van der Waals surface area contributed by atoms with Crippen LogP contribution in [0, 0.1) is 16.0 Å². The summed E-state index contributed by atoms with van der Waals surface area (Å²) in [5.74, 6) is -0.950. The molecule has 0 radical (unpaired) electrons. The van der Waals surface area contributed by atoms with Gasteiger partial charge in [-0.1, -0.05) is 36.5 Å². The lowest BCUT2D eigenvalue weighted by molar-refractivity contribution is -0.384. The van der Waals surface area contributed by atoms with Gasteiger partial charge in [-0.05, 0) is 5.92 Å². The minimum absolute atomic E-state index is 0.0335. The molecule has 0 aromatic heterocycles. The number of hydrogen-bond acceptors (Lipinski definition) is 4. The van der Waals surface area contributed by atoms with E-state index >= 15 is 0 Å². The van der Waals surface area contributed by atoms with E-state index in [1.54, 1.807) is 0 Å². The van der Waals surface area contributed by atoms with Crippen molar-refractivity contribution in [2.75, 3.05) is 11.9 Å². The molecule has 0 aliphatic heterocycles. The molecule has 1 unspecified atom stereocenters. The van der Waals surface area contributed by atoms with Crippen molar-refractivity contribution in [3.8, 4) is 0 Å². The number of benzene rings is 1. The van der Waals surface area contributed by atoms with Crippen LogP contribution in [0.15, 0.2) is 12.1 Å². The van der Waals surface area contributed by atoms with Crippen molar-refractivity contribution in [2.45, 2.75) is 19.8 Å². The monoisotopic (exact) mass is 320 g/mol. The highest BCUT2D eigenvalue weighted by Gasteiger charge is 2.16. The number of anilines is 1. The lowest BCUT2D eigenvalue weighted by Gasteiger charge is -2.16. The molecule has 0 saturated carbocycles. The van der Waals surface area contributed by atoms with Gasteiger partial charge in [-0.2, -0.15) is 0 Å². The van der Waals surface area contributed by atoms with Gasteiger partial charge >= 0.3 is 5.97 Å². The number of hydrogen-bond donors (Lipinski definition) is 2. The van der Waals surface area contributed by atoms with Crippen molar-refractivity contribution >= 4 is 40.5 Å². The molecule has 0 aliphatic carbocycles. The summed E-state index contributed by atoms with van der Waals surface area (Å²) >= 11 is 11.9. The number of aliphatic carboxylic acids is 1. The second-order valence-electron chi connectivity index (χ2n) is 4.29. The Kier molecular flexibility index (Phi) is 6.04. The van der Waals surface area contributed by atoms with Gasteiger partial charge in [0.05, 0.1) is 20.7 Å². The highest BCUT2D eigenvalue weighted by Crippen LogP contribution is 2.34. The third kappa shape index (κ3) is 4.54. The molecular weight excluding hydrogens is 307 g/mol. The van der Waals surface area contributed by atoms with Crippen molar-refractivity contribution < 1.29 is 14.8 Å². The molecule has 20 heavy (non-hydrogen) atoms. The van der Waals surface area contributed by atoms with Crippen molar-refractivity contribution in [1.82, 2.24) is 0 Å². The van der Waals surface area contributed by atoms with Gasteiger partial charge in [-0.25, -0.2) is 0 Å². The van der Waals surface area contributed by atoms with E-state index in [-0.39, 0.29) is 28.1 Å². The zero-order valence-electron chi connectivity index (χ0n) is 10.7. The molecule has 0 amide bonds. The summed E-state index contributed by atoms with van der Waals surface area (Å²) in [6.45, 7) is 2.26. The van der Waals surface area contributed by atoms with E-state index in [0.29, 0.717) is 18.7 Å². The summed E-state index contributed by atoms with van der Waals surface area (Å²) in [5.41, 5.74) is 0.186. The quantitative estimate of drug-likeness (QED) is 0.588. The van der Waals surface area contributed by atoms with E-state index in [4.69, 9.17) is 28.3 Å². The molecule has 6 nitrogen and oxygen atoms in total. The third-order valence-electron chi connectivity index (χ3n) is 2.85. The van der Waals surface area contributed by atoms with Crippen LogP contribution in [0.3, 0.4) is 0 Å². The standard InChI is InChI=1S/C12H14Cl2N2O4/c1-2-7(3-11(17)18)6-15-12-9(13)4-8(16(19)20)5-10(12)14/h4-5,7,15H,2-3,6H2,1H3,(H,17,18). The first kappa shape index (κ1) is 16.5. The van der Waals surface area contributed by atoms with Crippen LogP contribution in [0.5, 0.6) is 0 Å². The van der Waals surface area contributed by atoms with Gasteiger partial charge in [0.15, 0.2) is 0 Å². The molecule has 0 fully saturated rings. The molecule has 110 valence electrons. The van der Waals surface area contributed by atoms with Crippen molar-refractivity contribution in [1.29, 1.82) is 0 Å². The smallest absolute Gasteiger partial charge is 0.303 e. The Bertz CT molecular complexity index is 499. The molecule has 0 aliphatic rings. The summed E-state index contributed by atoms with van der Waals surface area (Å²) in [4.78, 5) is 20.7. The van der Waals surface area contributed by atoms with Crippen molar-refractivity contribution in [2.24, 2.45) is 5.92 Å². The molecular formula is C12H14Cl2N2O4. The van der Waals surface area contributed by atoms with Gasteiger partial charge in [0, 0.05) is 25.1 Å². The highest BCUT2D eigenvalue weighted by atomic mass is 35.5. The van der Waals surface area contributed by atoms with Crippen LogP contribution in [0.4, 0.5) is 11.4 Å². The van der Waals surface area contributed by atoms with Gasteiger partial charge in [0.25, 0.3) is 5.69 Å². The Morgan fingerprint density at radius 1 is 1.45 bits per heavy atom. The average molecular weight is 321 g/mol. The van der Waals surface area contributed by atoms with Crippen molar-refractivity contribution in [3.63, 3.8) is 0 Å². The zero-order chi connectivity index (χ0) is 15.3. The maximum absolute atomic E-state index is 10.7. The zero-order valence-corrected chi connectivity index (χ0v) is 12.2. The minimum Gasteiger partial charge on any atom is -0.481 e. The number of nitrogens with one attached hydrogen (secondary N) is 1. The number of non-ortho nitro benzene ring substituents is 1. The summed E-state index contributed by atoms with van der Waals surface area (Å²) in [6.07, 6.45) is 0.716. The Labute approximate surface area is 125 Å². The molecule has 8 heteroatoms. The van der Waals surface area contributed by atoms with E-state index in [2.05, 4.69) is 5.32 Å². The van der Waals surface area contributed by atoms with E-state index in [9.17, 15) is 14.9 Å². The SMILES string of the molecule is CCC(CNc1c(Cl)cc([N+](=O)[O-])cc1Cl)CC(=O)O. The number of nitro benzene ring substituents is 1. The topological polar surface area (TPSA) is 92.5 Å². The second-order valence-corrected chi connectivity index (χ2v) is 5.11. The summed E-state index contributed by atoms with van der Waals surface area (Å²) in [6, 6.07) is 2.40. The highest BCUT2D eigenvalue weighted by molar-refractivity contribution is 6.39. The van der Waals surface area contributed by atoms with Crippen LogP contribution >= 0.6 is 23.2 Å². The Balaban J connectivity index is 2.82. The largest absolute Gasteiger partial charge is 0.481 e. The molecule has 1 aromatic rings. The molecule has 1 aromatic carbocycles. The first-order valence-corrected chi connectivity index (χ1v) is 6.69. The van der Waals surface area contributed by atoms with E-state index in [1.165, 1.54) is 12.1 Å². The molecule has 0 saturated heterocycles. The normalized spacial score (nSPS) is 11.9. The lowest BCUT2D eigenvalue weighted by Crippen LogP contribution is -2.17. The maximum Gasteiger partial charge on any atom is 0.303 e. The fourth-order valence-corrected chi connectivity index (χ4v) is 2.30. The third-order valence-corrected chi connectivity index (χ3v) is 3.44. The number of halogens is 2. The molecule has 0 bridgehead atoms. The average Bonchev–Trinajstić information content (AvgIpc) is 2.35. The molecule has 0 heterocycles. The predicted octanol–water partition coefficient (Wildman–Crippen LogP) is 3.81. The number of rotatable bonds is 7. The van der Waals surface area contributed by atoms with Crippen LogP contribution in [0.2, 0.25) is 10.0 Å². The van der Waals surface area contributed by atoms with Crippen LogP contribution in [0.1, 0.15) is 19.8 Å². The Hall–Kier alpha value is -1.53. The summed E-state index contributed by atoms with van der Waals surface area (Å²) < 4.78 is 0. The number of carbonyl (C=O) groups is 1. The molecule has 0 spiro atoms. The summed E-state index contributed by atoms with van der Waals surface area (Å²) in [5, 5.41) is 22.6. The molecule has 1 atom stereocenters. The van der Waals surface area contributed by atoms with Crippen molar-refractivity contribution in [3.05, 3.63) is 32.3 Å². The minimum atomic E-state index is -0.875. The molecule has 2 N–H and O–H groups in total. The first-order chi connectivity index (χ1) is 9.35. The van der Waals surface area contributed by atoms with Crippen LogP contribution < -0.4 is 5.32 Å². The van der Waals surface area contributed by atoms with Crippen LogP contribution in [-0.2, 0) is 4.79 Å². The number of nitro groups is 1. The maximum atomic E-state index is 10.7. The van der Waals surface area contributed by atoms with Crippen LogP contribution in [-0.4, -0.2) is 22.5 Å². The Morgan fingerprint density at radius 2 is 2.00 bits per heavy atom. The van der Waals surface area contributed by atoms with Gasteiger partial charge < -0.3 is 10.4 Å². The predicted molar refractivity (Wildman–Crippen MR) is 77.6 cm³/mol.